The summed E-state index contributed by atoms with van der Waals surface area (Å²) in [6.45, 7) is 0. The first-order valence-corrected chi connectivity index (χ1v) is 7.51. The Hall–Kier alpha value is -2.27. The summed E-state index contributed by atoms with van der Waals surface area (Å²) in [6, 6.07) is 12.5. The molecular weight excluding hydrogens is 302 g/mol. The standard InChI is InChI=1S/C16H16ClN3O2/c17-13-8-6-12(18-13)16(22)19-11-7-9-14(21)20-15(11)10-4-2-1-3-5-10/h1-6,8,11,15,18H,7,9H2,(H,19,22)(H,20,21)/t11-,15+/m1/s1. The molecule has 1 aromatic heterocycles. The van der Waals surface area contributed by atoms with Crippen LogP contribution in [0.2, 0.25) is 5.15 Å². The molecule has 1 aliphatic rings. The Bertz CT molecular complexity index is 684. The molecule has 6 heteroatoms. The van der Waals surface area contributed by atoms with Gasteiger partial charge in [-0.15, -0.1) is 0 Å². The van der Waals surface area contributed by atoms with E-state index < -0.39 is 0 Å². The Morgan fingerprint density at radius 1 is 1.18 bits per heavy atom. The Labute approximate surface area is 133 Å². The van der Waals surface area contributed by atoms with Gasteiger partial charge in [-0.05, 0) is 24.1 Å². The van der Waals surface area contributed by atoms with Crippen LogP contribution < -0.4 is 10.6 Å². The molecule has 5 nitrogen and oxygen atoms in total. The van der Waals surface area contributed by atoms with Crippen LogP contribution in [0.15, 0.2) is 42.5 Å². The number of halogens is 1. The third-order valence-electron chi connectivity index (χ3n) is 3.77. The second-order valence-electron chi connectivity index (χ2n) is 5.29. The van der Waals surface area contributed by atoms with Gasteiger partial charge in [0.15, 0.2) is 0 Å². The molecular formula is C16H16ClN3O2. The maximum absolute atomic E-state index is 12.3. The van der Waals surface area contributed by atoms with Crippen LogP contribution in [-0.4, -0.2) is 22.8 Å². The Morgan fingerprint density at radius 3 is 2.64 bits per heavy atom. The molecule has 2 amide bonds. The van der Waals surface area contributed by atoms with Gasteiger partial charge in [0.1, 0.15) is 10.8 Å². The molecule has 0 spiro atoms. The zero-order valence-corrected chi connectivity index (χ0v) is 12.6. The van der Waals surface area contributed by atoms with Gasteiger partial charge < -0.3 is 15.6 Å². The molecule has 2 atom stereocenters. The van der Waals surface area contributed by atoms with Crippen molar-refractivity contribution in [3.8, 4) is 0 Å². The summed E-state index contributed by atoms with van der Waals surface area (Å²) in [7, 11) is 0. The maximum atomic E-state index is 12.3. The van der Waals surface area contributed by atoms with Crippen LogP contribution in [-0.2, 0) is 4.79 Å². The maximum Gasteiger partial charge on any atom is 0.268 e. The van der Waals surface area contributed by atoms with Crippen LogP contribution in [0.5, 0.6) is 0 Å². The minimum absolute atomic E-state index is 0.00210. The Kier molecular flexibility index (Phi) is 4.15. The van der Waals surface area contributed by atoms with Crippen LogP contribution in [0.3, 0.4) is 0 Å². The molecule has 0 radical (unpaired) electrons. The van der Waals surface area contributed by atoms with Crippen molar-refractivity contribution in [2.24, 2.45) is 0 Å². The highest BCUT2D eigenvalue weighted by Crippen LogP contribution is 2.24. The number of aromatic amines is 1. The van der Waals surface area contributed by atoms with E-state index in [1.165, 1.54) is 0 Å². The van der Waals surface area contributed by atoms with Crippen LogP contribution in [0.1, 0.15) is 34.9 Å². The number of carbonyl (C=O) groups excluding carboxylic acids is 2. The lowest BCUT2D eigenvalue weighted by molar-refractivity contribution is -0.123. The summed E-state index contributed by atoms with van der Waals surface area (Å²) in [6.07, 6.45) is 1.01. The summed E-state index contributed by atoms with van der Waals surface area (Å²) < 4.78 is 0. The van der Waals surface area contributed by atoms with E-state index in [-0.39, 0.29) is 23.9 Å². The van der Waals surface area contributed by atoms with Crippen LogP contribution >= 0.6 is 11.6 Å². The number of H-pyrrole nitrogens is 1. The van der Waals surface area contributed by atoms with E-state index in [4.69, 9.17) is 11.6 Å². The summed E-state index contributed by atoms with van der Waals surface area (Å²) in [5, 5.41) is 6.35. The minimum atomic E-state index is -0.228. The Morgan fingerprint density at radius 2 is 1.95 bits per heavy atom. The van der Waals surface area contributed by atoms with Gasteiger partial charge in [-0.25, -0.2) is 0 Å². The lowest BCUT2D eigenvalue weighted by Gasteiger charge is -2.33. The van der Waals surface area contributed by atoms with Crippen LogP contribution in [0, 0.1) is 0 Å². The van der Waals surface area contributed by atoms with Crippen molar-refractivity contribution in [1.29, 1.82) is 0 Å². The van der Waals surface area contributed by atoms with Gasteiger partial charge in [-0.1, -0.05) is 41.9 Å². The number of aromatic nitrogens is 1. The van der Waals surface area contributed by atoms with Crippen molar-refractivity contribution >= 4 is 23.4 Å². The Balaban J connectivity index is 1.78. The van der Waals surface area contributed by atoms with E-state index in [1.54, 1.807) is 12.1 Å². The van der Waals surface area contributed by atoms with Crippen LogP contribution in [0.25, 0.3) is 0 Å². The number of piperidine rings is 1. The first kappa shape index (κ1) is 14.7. The van der Waals surface area contributed by atoms with Crippen molar-refractivity contribution in [2.75, 3.05) is 0 Å². The van der Waals surface area contributed by atoms with E-state index in [0.717, 1.165) is 5.56 Å². The molecule has 0 saturated carbocycles. The number of carbonyl (C=O) groups is 2. The van der Waals surface area contributed by atoms with E-state index >= 15 is 0 Å². The van der Waals surface area contributed by atoms with Gasteiger partial charge in [-0.2, -0.15) is 0 Å². The number of benzene rings is 1. The van der Waals surface area contributed by atoms with E-state index in [9.17, 15) is 9.59 Å². The number of rotatable bonds is 3. The zero-order valence-electron chi connectivity index (χ0n) is 11.8. The van der Waals surface area contributed by atoms with Crippen molar-refractivity contribution in [2.45, 2.75) is 24.9 Å². The number of amides is 2. The van der Waals surface area contributed by atoms with Gasteiger partial charge in [-0.3, -0.25) is 9.59 Å². The van der Waals surface area contributed by atoms with Crippen molar-refractivity contribution in [3.05, 3.63) is 58.9 Å². The summed E-state index contributed by atoms with van der Waals surface area (Å²) in [5.74, 6) is -0.226. The highest BCUT2D eigenvalue weighted by Gasteiger charge is 2.31. The summed E-state index contributed by atoms with van der Waals surface area (Å²) in [5.41, 5.74) is 1.39. The second kappa shape index (κ2) is 6.23. The molecule has 1 fully saturated rings. The molecule has 114 valence electrons. The molecule has 1 aromatic carbocycles. The van der Waals surface area contributed by atoms with Crippen molar-refractivity contribution < 1.29 is 9.59 Å². The molecule has 2 aromatic rings. The zero-order chi connectivity index (χ0) is 15.5. The molecule has 1 saturated heterocycles. The molecule has 22 heavy (non-hydrogen) atoms. The number of hydrogen-bond donors (Lipinski definition) is 3. The van der Waals surface area contributed by atoms with E-state index in [1.807, 2.05) is 30.3 Å². The summed E-state index contributed by atoms with van der Waals surface area (Å²) in [4.78, 5) is 26.8. The average Bonchev–Trinajstić information content (AvgIpc) is 2.96. The van der Waals surface area contributed by atoms with Gasteiger partial charge in [0.25, 0.3) is 5.91 Å². The fourth-order valence-electron chi connectivity index (χ4n) is 2.68. The SMILES string of the molecule is O=C1CC[C@@H](NC(=O)c2ccc(Cl)[nH]2)[C@H](c2ccccc2)N1. The third kappa shape index (κ3) is 3.14. The molecule has 1 aliphatic heterocycles. The molecule has 0 aliphatic carbocycles. The normalized spacial score (nSPS) is 21.2. The molecule has 3 rings (SSSR count). The molecule has 3 N–H and O–H groups in total. The number of hydrogen-bond acceptors (Lipinski definition) is 2. The van der Waals surface area contributed by atoms with Gasteiger partial charge in [0, 0.05) is 6.42 Å². The predicted molar refractivity (Wildman–Crippen MR) is 83.6 cm³/mol. The van der Waals surface area contributed by atoms with Gasteiger partial charge >= 0.3 is 0 Å². The van der Waals surface area contributed by atoms with Crippen molar-refractivity contribution in [3.63, 3.8) is 0 Å². The van der Waals surface area contributed by atoms with Gasteiger partial charge in [0.05, 0.1) is 12.1 Å². The first-order chi connectivity index (χ1) is 10.6. The minimum Gasteiger partial charge on any atom is -0.347 e. The highest BCUT2D eigenvalue weighted by molar-refractivity contribution is 6.29. The highest BCUT2D eigenvalue weighted by atomic mass is 35.5. The fourth-order valence-corrected chi connectivity index (χ4v) is 2.84. The topological polar surface area (TPSA) is 74.0 Å². The average molecular weight is 318 g/mol. The molecule has 0 unspecified atom stereocenters. The number of nitrogens with one attached hydrogen (secondary N) is 3. The quantitative estimate of drug-likeness (QED) is 0.813. The lowest BCUT2D eigenvalue weighted by Crippen LogP contribution is -2.50. The second-order valence-corrected chi connectivity index (χ2v) is 5.70. The van der Waals surface area contributed by atoms with Crippen molar-refractivity contribution in [1.82, 2.24) is 15.6 Å². The van der Waals surface area contributed by atoms with Gasteiger partial charge in [0.2, 0.25) is 5.91 Å². The first-order valence-electron chi connectivity index (χ1n) is 7.13. The molecule has 2 heterocycles. The predicted octanol–water partition coefficient (Wildman–Crippen LogP) is 2.42. The summed E-state index contributed by atoms with van der Waals surface area (Å²) >= 11 is 5.80. The molecule has 0 bridgehead atoms. The fraction of sp³-hybridized carbons (Fsp3) is 0.250. The van der Waals surface area contributed by atoms with E-state index in [0.29, 0.717) is 23.7 Å². The van der Waals surface area contributed by atoms with Crippen LogP contribution in [0.4, 0.5) is 0 Å². The van der Waals surface area contributed by atoms with E-state index in [2.05, 4.69) is 15.6 Å². The monoisotopic (exact) mass is 317 g/mol. The lowest BCUT2D eigenvalue weighted by atomic mass is 9.92. The smallest absolute Gasteiger partial charge is 0.268 e. The third-order valence-corrected chi connectivity index (χ3v) is 3.99. The largest absolute Gasteiger partial charge is 0.347 e.